The number of nitrogens with one attached hydrogen (secondary N) is 1. The van der Waals surface area contributed by atoms with Crippen LogP contribution in [0.2, 0.25) is 0 Å². The van der Waals surface area contributed by atoms with E-state index in [0.717, 1.165) is 10.8 Å². The fourth-order valence-corrected chi connectivity index (χ4v) is 2.27. The first kappa shape index (κ1) is 14.7. The zero-order valence-corrected chi connectivity index (χ0v) is 12.4. The summed E-state index contributed by atoms with van der Waals surface area (Å²) in [5, 5.41) is 4.59. The van der Waals surface area contributed by atoms with Crippen LogP contribution in [0.25, 0.3) is 10.8 Å². The van der Waals surface area contributed by atoms with Crippen molar-refractivity contribution in [3.8, 4) is 0 Å². The molecule has 0 radical (unpaired) electrons. The number of esters is 1. The van der Waals surface area contributed by atoms with E-state index in [9.17, 15) is 9.59 Å². The molecule has 5 nitrogen and oxygen atoms in total. The molecule has 23 heavy (non-hydrogen) atoms. The van der Waals surface area contributed by atoms with Crippen LogP contribution < -0.4 is 5.32 Å². The molecule has 0 fully saturated rings. The quantitative estimate of drug-likeness (QED) is 0.754. The maximum Gasteiger partial charge on any atom is 0.339 e. The Labute approximate surface area is 132 Å². The maximum atomic E-state index is 12.4. The monoisotopic (exact) mass is 306 g/mol. The molecule has 0 bridgehead atoms. The maximum absolute atomic E-state index is 12.4. The topological polar surface area (TPSA) is 68.3 Å². The first-order valence-corrected chi connectivity index (χ1v) is 7.02. The molecular weight excluding hydrogens is 292 g/mol. The molecule has 3 rings (SSSR count). The summed E-state index contributed by atoms with van der Waals surface area (Å²) in [6, 6.07) is 16.0. The van der Waals surface area contributed by atoms with Gasteiger partial charge >= 0.3 is 5.97 Å². The molecule has 0 atom stereocenters. The van der Waals surface area contributed by atoms with Crippen LogP contribution in [0.3, 0.4) is 0 Å². The molecule has 0 aliphatic carbocycles. The summed E-state index contributed by atoms with van der Waals surface area (Å²) in [6.45, 7) is 0. The Hall–Kier alpha value is -3.21. The van der Waals surface area contributed by atoms with Gasteiger partial charge < -0.3 is 10.1 Å². The number of amides is 1. The standard InChI is InChI=1S/C18H14N2O3/c1-23-18(22)14-8-4-5-9-15(14)20-17(21)16-10-12-6-2-3-7-13(12)11-19-16/h2-11H,1H3,(H,20,21). The van der Waals surface area contributed by atoms with E-state index in [0.29, 0.717) is 11.3 Å². The summed E-state index contributed by atoms with van der Waals surface area (Å²) in [5.74, 6) is -0.889. The van der Waals surface area contributed by atoms with Crippen molar-refractivity contribution in [2.75, 3.05) is 12.4 Å². The van der Waals surface area contributed by atoms with Gasteiger partial charge in [-0.3, -0.25) is 9.78 Å². The summed E-state index contributed by atoms with van der Waals surface area (Å²) in [4.78, 5) is 28.3. The van der Waals surface area contributed by atoms with Crippen molar-refractivity contribution in [3.05, 3.63) is 72.1 Å². The second-order valence-electron chi connectivity index (χ2n) is 4.91. The van der Waals surface area contributed by atoms with Crippen LogP contribution in [0.15, 0.2) is 60.8 Å². The largest absolute Gasteiger partial charge is 0.465 e. The van der Waals surface area contributed by atoms with Crippen molar-refractivity contribution in [2.45, 2.75) is 0 Å². The molecule has 1 heterocycles. The SMILES string of the molecule is COC(=O)c1ccccc1NC(=O)c1cc2ccccc2cn1. The van der Waals surface area contributed by atoms with Gasteiger partial charge in [-0.25, -0.2) is 4.79 Å². The lowest BCUT2D eigenvalue weighted by Crippen LogP contribution is -2.16. The number of methoxy groups -OCH3 is 1. The van der Waals surface area contributed by atoms with Gasteiger partial charge in [-0.05, 0) is 23.6 Å². The summed E-state index contributed by atoms with van der Waals surface area (Å²) in [6.07, 6.45) is 1.65. The third-order valence-electron chi connectivity index (χ3n) is 3.44. The Balaban J connectivity index is 1.90. The van der Waals surface area contributed by atoms with Crippen LogP contribution in [0.4, 0.5) is 5.69 Å². The summed E-state index contributed by atoms with van der Waals surface area (Å²) < 4.78 is 4.72. The Kier molecular flexibility index (Phi) is 4.01. The van der Waals surface area contributed by atoms with Gasteiger partial charge in [0.1, 0.15) is 5.69 Å². The third kappa shape index (κ3) is 3.03. The van der Waals surface area contributed by atoms with E-state index in [1.165, 1.54) is 7.11 Å². The number of carbonyl (C=O) groups excluding carboxylic acids is 2. The number of hydrogen-bond acceptors (Lipinski definition) is 4. The Bertz CT molecular complexity index is 890. The lowest BCUT2D eigenvalue weighted by Gasteiger charge is -2.09. The zero-order valence-electron chi connectivity index (χ0n) is 12.4. The molecule has 0 aliphatic rings. The van der Waals surface area contributed by atoms with E-state index >= 15 is 0 Å². The minimum Gasteiger partial charge on any atom is -0.465 e. The minimum absolute atomic E-state index is 0.281. The Morgan fingerprint density at radius 3 is 2.48 bits per heavy atom. The van der Waals surface area contributed by atoms with Gasteiger partial charge in [0.05, 0.1) is 18.4 Å². The Morgan fingerprint density at radius 1 is 1.00 bits per heavy atom. The molecule has 1 aromatic heterocycles. The molecule has 2 aromatic carbocycles. The second-order valence-corrected chi connectivity index (χ2v) is 4.91. The highest BCUT2D eigenvalue weighted by Gasteiger charge is 2.15. The van der Waals surface area contributed by atoms with Crippen molar-refractivity contribution in [1.82, 2.24) is 4.98 Å². The number of pyridine rings is 1. The summed E-state index contributed by atoms with van der Waals surface area (Å²) in [7, 11) is 1.30. The van der Waals surface area contributed by atoms with Crippen LogP contribution in [0.1, 0.15) is 20.8 Å². The average Bonchev–Trinajstić information content (AvgIpc) is 2.61. The molecule has 3 aromatic rings. The zero-order chi connectivity index (χ0) is 16.2. The first-order valence-electron chi connectivity index (χ1n) is 7.02. The van der Waals surface area contributed by atoms with Crippen molar-refractivity contribution >= 4 is 28.3 Å². The van der Waals surface area contributed by atoms with Gasteiger partial charge in [0.2, 0.25) is 0 Å². The number of aromatic nitrogens is 1. The number of hydrogen-bond donors (Lipinski definition) is 1. The number of nitrogens with zero attached hydrogens (tertiary/aromatic N) is 1. The number of carbonyl (C=O) groups is 2. The molecule has 0 aliphatic heterocycles. The number of benzene rings is 2. The van der Waals surface area contributed by atoms with Gasteiger partial charge in [-0.15, -0.1) is 0 Å². The second kappa shape index (κ2) is 6.27. The molecule has 1 amide bonds. The normalized spacial score (nSPS) is 10.3. The van der Waals surface area contributed by atoms with Crippen molar-refractivity contribution < 1.29 is 14.3 Å². The van der Waals surface area contributed by atoms with Crippen LogP contribution >= 0.6 is 0 Å². The molecule has 0 saturated heterocycles. The van der Waals surface area contributed by atoms with Crippen molar-refractivity contribution in [1.29, 1.82) is 0 Å². The third-order valence-corrected chi connectivity index (χ3v) is 3.44. The van der Waals surface area contributed by atoms with E-state index < -0.39 is 5.97 Å². The number of anilines is 1. The smallest absolute Gasteiger partial charge is 0.339 e. The highest BCUT2D eigenvalue weighted by molar-refractivity contribution is 6.08. The van der Waals surface area contributed by atoms with Crippen LogP contribution in [0.5, 0.6) is 0 Å². The predicted molar refractivity (Wildman–Crippen MR) is 87.5 cm³/mol. The average molecular weight is 306 g/mol. The minimum atomic E-state index is -0.507. The van der Waals surface area contributed by atoms with Crippen LogP contribution in [-0.2, 0) is 4.74 Å². The highest BCUT2D eigenvalue weighted by atomic mass is 16.5. The van der Waals surface area contributed by atoms with E-state index in [1.807, 2.05) is 24.3 Å². The number of rotatable bonds is 3. The lowest BCUT2D eigenvalue weighted by molar-refractivity contribution is 0.0602. The van der Waals surface area contributed by atoms with Crippen molar-refractivity contribution in [2.24, 2.45) is 0 Å². The predicted octanol–water partition coefficient (Wildman–Crippen LogP) is 3.27. The molecule has 114 valence electrons. The molecule has 5 heteroatoms. The molecule has 0 spiro atoms. The van der Waals surface area contributed by atoms with Crippen LogP contribution in [0, 0.1) is 0 Å². The number of ether oxygens (including phenoxy) is 1. The van der Waals surface area contributed by atoms with Crippen molar-refractivity contribution in [3.63, 3.8) is 0 Å². The molecule has 1 N–H and O–H groups in total. The first-order chi connectivity index (χ1) is 11.2. The fourth-order valence-electron chi connectivity index (χ4n) is 2.27. The summed E-state index contributed by atoms with van der Waals surface area (Å²) >= 11 is 0. The van der Waals surface area contributed by atoms with E-state index in [2.05, 4.69) is 10.3 Å². The highest BCUT2D eigenvalue weighted by Crippen LogP contribution is 2.18. The van der Waals surface area contributed by atoms with Gasteiger partial charge in [0.25, 0.3) is 5.91 Å². The van der Waals surface area contributed by atoms with Gasteiger partial charge in [-0.1, -0.05) is 36.4 Å². The van der Waals surface area contributed by atoms with Gasteiger partial charge in [0, 0.05) is 11.6 Å². The number of fused-ring (bicyclic) bond motifs is 1. The van der Waals surface area contributed by atoms with E-state index in [4.69, 9.17) is 4.74 Å². The Morgan fingerprint density at radius 2 is 1.70 bits per heavy atom. The fraction of sp³-hybridized carbons (Fsp3) is 0.0556. The lowest BCUT2D eigenvalue weighted by atomic mass is 10.1. The van der Waals surface area contributed by atoms with Gasteiger partial charge in [0.15, 0.2) is 0 Å². The molecule has 0 saturated carbocycles. The summed E-state index contributed by atoms with van der Waals surface area (Å²) in [5.41, 5.74) is 0.965. The molecule has 0 unspecified atom stereocenters. The van der Waals surface area contributed by atoms with E-state index in [-0.39, 0.29) is 11.6 Å². The molecular formula is C18H14N2O3. The van der Waals surface area contributed by atoms with Crippen LogP contribution in [-0.4, -0.2) is 24.0 Å². The van der Waals surface area contributed by atoms with Gasteiger partial charge in [-0.2, -0.15) is 0 Å². The number of para-hydroxylation sites is 1. The van der Waals surface area contributed by atoms with E-state index in [1.54, 1.807) is 36.5 Å².